The summed E-state index contributed by atoms with van der Waals surface area (Å²) in [5.74, 6) is -2.44. The van der Waals surface area contributed by atoms with Crippen LogP contribution < -0.4 is 36.2 Å². The van der Waals surface area contributed by atoms with Gasteiger partial charge in [-0.15, -0.1) is 0 Å². The van der Waals surface area contributed by atoms with Gasteiger partial charge in [-0.3, -0.25) is 43.8 Å². The quantitative estimate of drug-likeness (QED) is 0.0477. The lowest BCUT2D eigenvalue weighted by atomic mass is 10.0. The maximum absolute atomic E-state index is 13.2. The number of aromatic nitrogens is 2. The molecule has 7 rings (SSSR count). The summed E-state index contributed by atoms with van der Waals surface area (Å²) in [6.07, 6.45) is 2.98. The lowest BCUT2D eigenvalue weighted by Gasteiger charge is -2.36. The second kappa shape index (κ2) is 20.9. The number of benzene rings is 3. The number of aryl methyl sites for hydroxylation is 1. The summed E-state index contributed by atoms with van der Waals surface area (Å²) in [5.41, 5.74) is 3.18. The molecule has 65 heavy (non-hydrogen) atoms. The van der Waals surface area contributed by atoms with E-state index in [-0.39, 0.29) is 59.3 Å². The van der Waals surface area contributed by atoms with E-state index >= 15 is 0 Å². The number of fused-ring (bicyclic) bond motifs is 1. The van der Waals surface area contributed by atoms with Gasteiger partial charge in [-0.2, -0.15) is 4.98 Å². The molecule has 2 atom stereocenters. The second-order valence-corrected chi connectivity index (χ2v) is 16.5. The predicted octanol–water partition coefficient (Wildman–Crippen LogP) is 2.77. The number of hydrogen-bond donors (Lipinski definition) is 6. The third-order valence-corrected chi connectivity index (χ3v) is 11.7. The molecule has 1 aromatic heterocycles. The molecule has 0 spiro atoms. The summed E-state index contributed by atoms with van der Waals surface area (Å²) >= 11 is -2.10. The molecule has 7 amide bonds. The zero-order valence-corrected chi connectivity index (χ0v) is 36.3. The van der Waals surface area contributed by atoms with Gasteiger partial charge >= 0.3 is 0 Å². The molecule has 0 bridgehead atoms. The third-order valence-electron chi connectivity index (χ3n) is 11.0. The van der Waals surface area contributed by atoms with Crippen LogP contribution in [0.15, 0.2) is 77.8 Å². The molecule has 0 radical (unpaired) electrons. The number of carbonyl (C=O) groups is 7. The van der Waals surface area contributed by atoms with Crippen LogP contribution in [0.25, 0.3) is 0 Å². The average molecular weight is 909 g/mol. The molecule has 0 aliphatic carbocycles. The van der Waals surface area contributed by atoms with Crippen molar-refractivity contribution in [1.82, 2.24) is 35.7 Å². The summed E-state index contributed by atoms with van der Waals surface area (Å²) in [5, 5.41) is 14.1. The highest BCUT2D eigenvalue weighted by Gasteiger charge is 2.46. The number of nitrogens with one attached hydrogen (secondary N) is 5. The molecule has 0 saturated carbocycles. The van der Waals surface area contributed by atoms with E-state index in [9.17, 15) is 42.3 Å². The van der Waals surface area contributed by atoms with Gasteiger partial charge in [0.15, 0.2) is 17.7 Å². The number of piperidine rings is 1. The first-order chi connectivity index (χ1) is 31.3. The van der Waals surface area contributed by atoms with Crippen molar-refractivity contribution in [2.75, 3.05) is 61.4 Å². The maximum Gasteiger partial charge on any atom is 0.266 e. The molecule has 2 unspecified atom stereocenters. The van der Waals surface area contributed by atoms with Gasteiger partial charge in [-0.05, 0) is 80.8 Å². The van der Waals surface area contributed by atoms with Crippen molar-refractivity contribution < 1.29 is 47.1 Å². The van der Waals surface area contributed by atoms with Gasteiger partial charge in [0.25, 0.3) is 17.7 Å². The number of carbonyl (C=O) groups excluding carboxylic acids is 7. The molecule has 20 nitrogen and oxygen atoms in total. The molecular weight excluding hydrogens is 861 g/mol. The van der Waals surface area contributed by atoms with Gasteiger partial charge in [0.1, 0.15) is 17.6 Å². The highest BCUT2D eigenvalue weighted by atomic mass is 32.2. The Morgan fingerprint density at radius 2 is 1.58 bits per heavy atom. The first-order valence-corrected chi connectivity index (χ1v) is 22.2. The Balaban J connectivity index is 0.753. The minimum atomic E-state index is -2.10. The van der Waals surface area contributed by atoms with Crippen molar-refractivity contribution in [2.45, 2.75) is 56.4 Å². The van der Waals surface area contributed by atoms with Crippen LogP contribution in [0.5, 0.6) is 5.75 Å². The fraction of sp³-hybridized carbons (Fsp3) is 0.341. The highest BCUT2D eigenvalue weighted by Crippen LogP contribution is 2.34. The molecule has 21 heteroatoms. The first-order valence-electron chi connectivity index (χ1n) is 21.1. The Morgan fingerprint density at radius 3 is 2.31 bits per heavy atom. The Morgan fingerprint density at radius 1 is 0.862 bits per heavy atom. The van der Waals surface area contributed by atoms with Gasteiger partial charge < -0.3 is 40.4 Å². The molecule has 4 aromatic rings. The van der Waals surface area contributed by atoms with Crippen LogP contribution in [0.1, 0.15) is 64.8 Å². The van der Waals surface area contributed by atoms with Gasteiger partial charge in [-0.1, -0.05) is 12.1 Å². The van der Waals surface area contributed by atoms with Gasteiger partial charge in [0.05, 0.1) is 16.0 Å². The third kappa shape index (κ3) is 11.5. The van der Waals surface area contributed by atoms with E-state index in [2.05, 4.69) is 41.5 Å². The molecule has 3 aromatic carbocycles. The topological polar surface area (TPSA) is 262 Å². The largest absolute Gasteiger partial charge is 0.483 e. The summed E-state index contributed by atoms with van der Waals surface area (Å²) in [6.45, 7) is 4.42. The van der Waals surface area contributed by atoms with Crippen LogP contribution in [0.2, 0.25) is 0 Å². The number of unbranched alkanes of at least 4 members (excludes halogenated alkanes) is 1. The van der Waals surface area contributed by atoms with Gasteiger partial charge in [0, 0.05) is 87.4 Å². The normalized spacial score (nSPS) is 16.4. The fourth-order valence-corrected chi connectivity index (χ4v) is 7.94. The summed E-state index contributed by atoms with van der Waals surface area (Å²) in [4.78, 5) is 102. The maximum atomic E-state index is 13.2. The van der Waals surface area contributed by atoms with Crippen LogP contribution in [-0.2, 0) is 35.1 Å². The Kier molecular flexibility index (Phi) is 14.7. The Hall–Kier alpha value is -7.26. The van der Waals surface area contributed by atoms with Crippen LogP contribution >= 0.6 is 0 Å². The monoisotopic (exact) mass is 908 g/mol. The fourth-order valence-electron chi connectivity index (χ4n) is 7.52. The van der Waals surface area contributed by atoms with Crippen molar-refractivity contribution in [3.63, 3.8) is 0 Å². The number of imide groups is 2. The number of ether oxygens (including phenoxy) is 1. The Bertz CT molecular complexity index is 2510. The van der Waals surface area contributed by atoms with Crippen molar-refractivity contribution in [2.24, 2.45) is 0 Å². The van der Waals surface area contributed by atoms with Crippen LogP contribution in [0.4, 0.5) is 28.8 Å². The highest BCUT2D eigenvalue weighted by molar-refractivity contribution is 7.79. The molecule has 2 saturated heterocycles. The summed E-state index contributed by atoms with van der Waals surface area (Å²) in [7, 11) is 0. The summed E-state index contributed by atoms with van der Waals surface area (Å²) < 4.78 is 26.5. The number of nitrogens with zero attached hydrogens (tertiary/aromatic N) is 5. The number of anilines is 5. The zero-order valence-electron chi connectivity index (χ0n) is 35.5. The zero-order chi connectivity index (χ0) is 46.0. The minimum absolute atomic E-state index is 0.00594. The van der Waals surface area contributed by atoms with E-state index < -0.39 is 53.3 Å². The smallest absolute Gasteiger partial charge is 0.266 e. The van der Waals surface area contributed by atoms with Crippen molar-refractivity contribution in [1.29, 1.82) is 0 Å². The van der Waals surface area contributed by atoms with E-state index in [1.54, 1.807) is 35.4 Å². The van der Waals surface area contributed by atoms with Crippen molar-refractivity contribution >= 4 is 81.3 Å². The average Bonchev–Trinajstić information content (AvgIpc) is 3.56. The SMILES string of the molecule is Cc1cnc(Nc2ccc(N3CCN(C(=O)CCC(=O)NCCCCNC(=O)COc4cccc5c4C(=O)N(C4CCC(=O)NC4=O)C5=O)CC3)cc2)nc1Nc1cccc(S(=O)O)c1. The van der Waals surface area contributed by atoms with Gasteiger partial charge in [-0.25, -0.2) is 9.19 Å². The molecule has 6 N–H and O–H groups in total. The van der Waals surface area contributed by atoms with Crippen molar-refractivity contribution in [3.8, 4) is 5.75 Å². The van der Waals surface area contributed by atoms with Crippen molar-refractivity contribution in [3.05, 3.63) is 89.6 Å². The van der Waals surface area contributed by atoms with E-state index in [1.807, 2.05) is 31.2 Å². The first kappa shape index (κ1) is 45.8. The number of hydrogen-bond acceptors (Lipinski definition) is 14. The molecule has 3 aliphatic rings. The van der Waals surface area contributed by atoms with E-state index in [0.717, 1.165) is 21.8 Å². The molecule has 340 valence electrons. The molecular formula is C44H48N10O10S. The predicted molar refractivity (Wildman–Crippen MR) is 237 cm³/mol. The van der Waals surface area contributed by atoms with E-state index in [1.165, 1.54) is 18.2 Å². The molecule has 2 fully saturated rings. The summed E-state index contributed by atoms with van der Waals surface area (Å²) in [6, 6.07) is 17.7. The number of piperazine rings is 1. The van der Waals surface area contributed by atoms with Crippen LogP contribution in [-0.4, -0.2) is 122 Å². The Labute approximate surface area is 376 Å². The number of rotatable bonds is 18. The lowest BCUT2D eigenvalue weighted by molar-refractivity contribution is -0.136. The number of amides is 7. The lowest BCUT2D eigenvalue weighted by Crippen LogP contribution is -2.54. The van der Waals surface area contributed by atoms with E-state index in [4.69, 9.17) is 4.74 Å². The van der Waals surface area contributed by atoms with Gasteiger partial charge in [0.2, 0.25) is 29.6 Å². The molecule has 4 heterocycles. The molecule has 3 aliphatic heterocycles. The minimum Gasteiger partial charge on any atom is -0.483 e. The van der Waals surface area contributed by atoms with E-state index in [0.29, 0.717) is 69.6 Å². The van der Waals surface area contributed by atoms with Crippen LogP contribution in [0, 0.1) is 6.92 Å². The second-order valence-electron chi connectivity index (χ2n) is 15.5. The van der Waals surface area contributed by atoms with Crippen LogP contribution in [0.3, 0.4) is 0 Å². The standard InChI is InChI=1S/C44H48N10O10S/c1-27-25-47-44(51-40(27)48-29-6-4-7-31(24-29)65(62)63)49-28-10-12-30(13-11-28)52-20-22-53(23-21-52)38(58)17-16-35(55)45-18-2-3-19-46-37(57)26-64-34-9-5-8-32-39(34)43(61)54(42(32)60)33-14-15-36(56)50-41(33)59/h4-13,24-25,33H,2-3,14-23,26H2,1H3,(H,45,55)(H,46,57)(H,62,63)(H,50,56,59)(H2,47,48,49,51).